The summed E-state index contributed by atoms with van der Waals surface area (Å²) in [6.45, 7) is 9.19. The van der Waals surface area contributed by atoms with Crippen molar-refractivity contribution in [2.24, 2.45) is 0 Å². The largest absolute Gasteiger partial charge is 0.465 e. The van der Waals surface area contributed by atoms with E-state index < -0.39 is 5.54 Å². The second kappa shape index (κ2) is 12.0. The second-order valence-electron chi connectivity index (χ2n) is 5.94. The van der Waals surface area contributed by atoms with Crippen molar-refractivity contribution in [3.05, 3.63) is 0 Å². The third kappa shape index (κ3) is 9.10. The topological polar surface area (TPSA) is 47.6 Å². The van der Waals surface area contributed by atoms with Crippen LogP contribution in [0.3, 0.4) is 0 Å². The molecule has 0 radical (unpaired) electrons. The zero-order valence-electron chi connectivity index (χ0n) is 14.7. The molecule has 0 aromatic carbocycles. The van der Waals surface area contributed by atoms with Crippen LogP contribution in [0.15, 0.2) is 0 Å². The number of esters is 1. The van der Waals surface area contributed by atoms with Gasteiger partial charge in [0.1, 0.15) is 5.54 Å². The SMILES string of the molecule is CCCCCCC(C)OCCCC(C)(NC)C(=O)OCC. The molecule has 0 aromatic rings. The van der Waals surface area contributed by atoms with Crippen molar-refractivity contribution < 1.29 is 14.3 Å². The Morgan fingerprint density at radius 1 is 1.19 bits per heavy atom. The number of hydrogen-bond acceptors (Lipinski definition) is 4. The monoisotopic (exact) mass is 301 g/mol. The van der Waals surface area contributed by atoms with E-state index in [2.05, 4.69) is 19.2 Å². The van der Waals surface area contributed by atoms with E-state index in [4.69, 9.17) is 9.47 Å². The number of hydrogen-bond donors (Lipinski definition) is 1. The van der Waals surface area contributed by atoms with Gasteiger partial charge in [0.2, 0.25) is 0 Å². The summed E-state index contributed by atoms with van der Waals surface area (Å²) >= 11 is 0. The van der Waals surface area contributed by atoms with Gasteiger partial charge in [-0.25, -0.2) is 0 Å². The number of rotatable bonds is 13. The highest BCUT2D eigenvalue weighted by Crippen LogP contribution is 2.15. The van der Waals surface area contributed by atoms with Crippen molar-refractivity contribution in [2.75, 3.05) is 20.3 Å². The number of carbonyl (C=O) groups excluding carboxylic acids is 1. The van der Waals surface area contributed by atoms with E-state index in [1.54, 1.807) is 7.05 Å². The minimum absolute atomic E-state index is 0.180. The number of nitrogens with one attached hydrogen (secondary N) is 1. The van der Waals surface area contributed by atoms with Gasteiger partial charge >= 0.3 is 5.97 Å². The molecule has 0 aromatic heterocycles. The summed E-state index contributed by atoms with van der Waals surface area (Å²) < 4.78 is 10.9. The van der Waals surface area contributed by atoms with E-state index in [1.165, 1.54) is 25.7 Å². The van der Waals surface area contributed by atoms with Gasteiger partial charge < -0.3 is 14.8 Å². The molecule has 0 saturated heterocycles. The Bertz CT molecular complexity index is 271. The number of carbonyl (C=O) groups is 1. The number of ether oxygens (including phenoxy) is 2. The first-order valence-corrected chi connectivity index (χ1v) is 8.47. The fraction of sp³-hybridized carbons (Fsp3) is 0.941. The molecule has 4 heteroatoms. The van der Waals surface area contributed by atoms with Crippen LogP contribution >= 0.6 is 0 Å². The van der Waals surface area contributed by atoms with E-state index in [0.29, 0.717) is 19.3 Å². The number of likely N-dealkylation sites (N-methyl/N-ethyl adjacent to an activating group) is 1. The van der Waals surface area contributed by atoms with Gasteiger partial charge in [0.25, 0.3) is 0 Å². The van der Waals surface area contributed by atoms with Crippen molar-refractivity contribution in [3.8, 4) is 0 Å². The zero-order chi connectivity index (χ0) is 16.1. The van der Waals surface area contributed by atoms with E-state index in [9.17, 15) is 4.79 Å². The maximum atomic E-state index is 11.9. The molecule has 0 rings (SSSR count). The third-order valence-electron chi connectivity index (χ3n) is 3.97. The maximum absolute atomic E-state index is 11.9. The van der Waals surface area contributed by atoms with E-state index >= 15 is 0 Å². The maximum Gasteiger partial charge on any atom is 0.326 e. The Hall–Kier alpha value is -0.610. The molecule has 0 aliphatic rings. The zero-order valence-corrected chi connectivity index (χ0v) is 14.7. The average Bonchev–Trinajstić information content (AvgIpc) is 2.48. The molecule has 4 nitrogen and oxygen atoms in total. The first-order chi connectivity index (χ1) is 10.00. The molecule has 0 aliphatic carbocycles. The van der Waals surface area contributed by atoms with Crippen molar-refractivity contribution in [2.45, 2.75) is 84.3 Å². The molecule has 0 amide bonds. The summed E-state index contributed by atoms with van der Waals surface area (Å²) in [6, 6.07) is 0. The Labute approximate surface area is 131 Å². The third-order valence-corrected chi connectivity index (χ3v) is 3.97. The Morgan fingerprint density at radius 3 is 2.48 bits per heavy atom. The Morgan fingerprint density at radius 2 is 1.90 bits per heavy atom. The molecule has 2 atom stereocenters. The molecule has 0 spiro atoms. The smallest absolute Gasteiger partial charge is 0.326 e. The summed E-state index contributed by atoms with van der Waals surface area (Å²) in [5.74, 6) is -0.180. The molecular formula is C17H35NO3. The highest BCUT2D eigenvalue weighted by atomic mass is 16.5. The molecule has 0 aliphatic heterocycles. The van der Waals surface area contributed by atoms with Crippen molar-refractivity contribution in [3.63, 3.8) is 0 Å². The molecular weight excluding hydrogens is 266 g/mol. The van der Waals surface area contributed by atoms with Gasteiger partial charge in [-0.3, -0.25) is 4.79 Å². The standard InChI is InChI=1S/C17H35NO3/c1-6-8-9-10-12-15(3)21-14-11-13-17(4,18-5)16(19)20-7-2/h15,18H,6-14H2,1-5H3. The van der Waals surface area contributed by atoms with E-state index in [1.807, 2.05) is 13.8 Å². The van der Waals surface area contributed by atoms with Gasteiger partial charge in [-0.2, -0.15) is 0 Å². The predicted molar refractivity (Wildman–Crippen MR) is 87.5 cm³/mol. The van der Waals surface area contributed by atoms with E-state index in [-0.39, 0.29) is 5.97 Å². The molecule has 2 unspecified atom stereocenters. The lowest BCUT2D eigenvalue weighted by Gasteiger charge is -2.26. The predicted octanol–water partition coefficient (Wildman–Crippen LogP) is 3.68. The van der Waals surface area contributed by atoms with E-state index in [0.717, 1.165) is 19.3 Å². The van der Waals surface area contributed by atoms with Crippen LogP contribution in [0.4, 0.5) is 0 Å². The molecule has 0 saturated carbocycles. The average molecular weight is 301 g/mol. The van der Waals surface area contributed by atoms with Crippen molar-refractivity contribution >= 4 is 5.97 Å². The van der Waals surface area contributed by atoms with Gasteiger partial charge in [0, 0.05) is 6.61 Å². The molecule has 0 fully saturated rings. The first kappa shape index (κ1) is 20.4. The number of unbranched alkanes of at least 4 members (excludes halogenated alkanes) is 3. The van der Waals surface area contributed by atoms with Gasteiger partial charge in [0.15, 0.2) is 0 Å². The lowest BCUT2D eigenvalue weighted by molar-refractivity contribution is -0.150. The summed E-state index contributed by atoms with van der Waals surface area (Å²) in [5, 5.41) is 3.07. The van der Waals surface area contributed by atoms with Crippen LogP contribution in [0.5, 0.6) is 0 Å². The van der Waals surface area contributed by atoms with Crippen LogP contribution in [0, 0.1) is 0 Å². The van der Waals surface area contributed by atoms with Crippen LogP contribution in [0.1, 0.15) is 72.6 Å². The van der Waals surface area contributed by atoms with Crippen molar-refractivity contribution in [1.29, 1.82) is 0 Å². The minimum Gasteiger partial charge on any atom is -0.465 e. The molecule has 0 bridgehead atoms. The van der Waals surface area contributed by atoms with Gasteiger partial charge in [-0.15, -0.1) is 0 Å². The fourth-order valence-corrected chi connectivity index (χ4v) is 2.27. The Balaban J connectivity index is 3.83. The quantitative estimate of drug-likeness (QED) is 0.416. The molecule has 0 heterocycles. The summed E-state index contributed by atoms with van der Waals surface area (Å²) in [6.07, 6.45) is 8.14. The van der Waals surface area contributed by atoms with Crippen LogP contribution < -0.4 is 5.32 Å². The Kier molecular flexibility index (Phi) is 11.6. The normalized spacial score (nSPS) is 15.5. The first-order valence-electron chi connectivity index (χ1n) is 8.47. The lowest BCUT2D eigenvalue weighted by atomic mass is 9.96. The van der Waals surface area contributed by atoms with Crippen LogP contribution in [0.25, 0.3) is 0 Å². The highest BCUT2D eigenvalue weighted by molar-refractivity contribution is 5.80. The molecule has 21 heavy (non-hydrogen) atoms. The summed E-state index contributed by atoms with van der Waals surface area (Å²) in [7, 11) is 1.80. The summed E-state index contributed by atoms with van der Waals surface area (Å²) in [4.78, 5) is 11.9. The molecule has 126 valence electrons. The lowest BCUT2D eigenvalue weighted by Crippen LogP contribution is -2.48. The minimum atomic E-state index is -0.607. The molecule has 1 N–H and O–H groups in total. The van der Waals surface area contributed by atoms with Gasteiger partial charge in [0.05, 0.1) is 12.7 Å². The fourth-order valence-electron chi connectivity index (χ4n) is 2.27. The van der Waals surface area contributed by atoms with Gasteiger partial charge in [-0.05, 0) is 47.1 Å². The van der Waals surface area contributed by atoms with Crippen LogP contribution in [0.2, 0.25) is 0 Å². The second-order valence-corrected chi connectivity index (χ2v) is 5.94. The van der Waals surface area contributed by atoms with Crippen LogP contribution in [-0.4, -0.2) is 37.9 Å². The van der Waals surface area contributed by atoms with Crippen LogP contribution in [-0.2, 0) is 14.3 Å². The van der Waals surface area contributed by atoms with Crippen molar-refractivity contribution in [1.82, 2.24) is 5.32 Å². The van der Waals surface area contributed by atoms with Gasteiger partial charge in [-0.1, -0.05) is 32.6 Å². The summed E-state index contributed by atoms with van der Waals surface area (Å²) in [5.41, 5.74) is -0.607. The highest BCUT2D eigenvalue weighted by Gasteiger charge is 2.32.